The Bertz CT molecular complexity index is 901. The molecule has 158 valence electrons. The van der Waals surface area contributed by atoms with E-state index >= 15 is 0 Å². The van der Waals surface area contributed by atoms with Gasteiger partial charge in [0.2, 0.25) is 0 Å². The highest BCUT2D eigenvalue weighted by Crippen LogP contribution is 2.39. The fourth-order valence-corrected chi connectivity index (χ4v) is 6.05. The number of nitrogen functional groups attached to an aromatic ring is 1. The zero-order valence-corrected chi connectivity index (χ0v) is 18.8. The van der Waals surface area contributed by atoms with E-state index in [1.54, 1.807) is 18.3 Å². The first-order valence-electron chi connectivity index (χ1n) is 10.1. The van der Waals surface area contributed by atoms with E-state index in [4.69, 9.17) is 15.2 Å². The molecule has 0 aromatic carbocycles. The second kappa shape index (κ2) is 9.63. The maximum absolute atomic E-state index is 12.5. The Morgan fingerprint density at radius 3 is 2.38 bits per heavy atom. The van der Waals surface area contributed by atoms with Gasteiger partial charge in [-0.3, -0.25) is 0 Å². The molecule has 0 aliphatic heterocycles. The number of anilines is 2. The first-order valence-corrected chi connectivity index (χ1v) is 11.7. The van der Waals surface area contributed by atoms with Gasteiger partial charge in [0.1, 0.15) is 10.0 Å². The summed E-state index contributed by atoms with van der Waals surface area (Å²) in [6.45, 7) is 6.85. The molecular weight excluding hydrogens is 408 g/mol. The summed E-state index contributed by atoms with van der Waals surface area (Å²) >= 11 is 3.09. The Morgan fingerprint density at radius 1 is 1.03 bits per heavy atom. The van der Waals surface area contributed by atoms with Crippen LogP contribution in [0, 0.1) is 6.92 Å². The Morgan fingerprint density at radius 2 is 1.69 bits per heavy atom. The van der Waals surface area contributed by atoms with Gasteiger partial charge in [0.15, 0.2) is 0 Å². The van der Waals surface area contributed by atoms with Crippen LogP contribution in [0.5, 0.6) is 0 Å². The SMILES string of the molecule is CCOC(=O)c1c(N)sc(CCNc2sc3c(c2C(=O)OCC)CCCC3)c1C. The lowest BCUT2D eigenvalue weighted by molar-refractivity contribution is 0.0517. The molecule has 0 radical (unpaired) electrons. The minimum atomic E-state index is -0.367. The van der Waals surface area contributed by atoms with Gasteiger partial charge in [-0.15, -0.1) is 22.7 Å². The van der Waals surface area contributed by atoms with Gasteiger partial charge < -0.3 is 20.5 Å². The zero-order valence-electron chi connectivity index (χ0n) is 17.2. The van der Waals surface area contributed by atoms with E-state index in [1.807, 2.05) is 13.8 Å². The molecule has 0 unspecified atom stereocenters. The molecule has 0 saturated heterocycles. The lowest BCUT2D eigenvalue weighted by Gasteiger charge is -2.12. The van der Waals surface area contributed by atoms with E-state index in [0.717, 1.165) is 40.3 Å². The van der Waals surface area contributed by atoms with Crippen LogP contribution in [0.15, 0.2) is 0 Å². The van der Waals surface area contributed by atoms with Gasteiger partial charge in [-0.25, -0.2) is 9.59 Å². The minimum absolute atomic E-state index is 0.240. The first kappa shape index (κ1) is 21.6. The van der Waals surface area contributed by atoms with Gasteiger partial charge in [-0.05, 0) is 64.0 Å². The van der Waals surface area contributed by atoms with E-state index < -0.39 is 0 Å². The van der Waals surface area contributed by atoms with Crippen molar-refractivity contribution in [3.8, 4) is 0 Å². The van der Waals surface area contributed by atoms with E-state index in [-0.39, 0.29) is 11.9 Å². The molecule has 0 fully saturated rings. The number of nitrogens with two attached hydrogens (primary N) is 1. The Labute approximate surface area is 179 Å². The highest BCUT2D eigenvalue weighted by molar-refractivity contribution is 7.17. The van der Waals surface area contributed by atoms with Crippen molar-refractivity contribution in [3.63, 3.8) is 0 Å². The second-order valence-electron chi connectivity index (χ2n) is 6.92. The Balaban J connectivity index is 1.74. The number of nitrogens with one attached hydrogen (secondary N) is 1. The molecule has 6 nitrogen and oxygen atoms in total. The van der Waals surface area contributed by atoms with Crippen LogP contribution >= 0.6 is 22.7 Å². The van der Waals surface area contributed by atoms with Crippen LogP contribution in [0.1, 0.15) is 68.3 Å². The molecule has 3 N–H and O–H groups in total. The van der Waals surface area contributed by atoms with Crippen molar-refractivity contribution >= 4 is 44.6 Å². The molecule has 29 heavy (non-hydrogen) atoms. The van der Waals surface area contributed by atoms with Gasteiger partial charge in [0.25, 0.3) is 0 Å². The topological polar surface area (TPSA) is 90.6 Å². The minimum Gasteiger partial charge on any atom is -0.462 e. The molecule has 0 amide bonds. The average molecular weight is 437 g/mol. The van der Waals surface area contributed by atoms with Gasteiger partial charge in [-0.1, -0.05) is 0 Å². The summed E-state index contributed by atoms with van der Waals surface area (Å²) in [4.78, 5) is 27.0. The maximum Gasteiger partial charge on any atom is 0.341 e. The molecule has 3 rings (SSSR count). The average Bonchev–Trinajstić information content (AvgIpc) is 3.19. The standard InChI is InChI=1S/C21H28N2O4S2/c1-4-26-20(24)16-12(3)14(28-18(16)22)10-11-23-19-17(21(25)27-5-2)13-8-6-7-9-15(13)29-19/h23H,4-11,22H2,1-3H3. The number of rotatable bonds is 8. The van der Waals surface area contributed by atoms with E-state index in [9.17, 15) is 9.59 Å². The third-order valence-electron chi connectivity index (χ3n) is 5.04. The maximum atomic E-state index is 12.5. The second-order valence-corrected chi connectivity index (χ2v) is 9.16. The van der Waals surface area contributed by atoms with Crippen LogP contribution in [0.25, 0.3) is 0 Å². The number of ether oxygens (including phenoxy) is 2. The highest BCUT2D eigenvalue weighted by atomic mass is 32.1. The van der Waals surface area contributed by atoms with Crippen LogP contribution in [0.4, 0.5) is 10.0 Å². The number of hydrogen-bond donors (Lipinski definition) is 2. The van der Waals surface area contributed by atoms with Crippen molar-refractivity contribution in [3.05, 3.63) is 32.0 Å². The predicted molar refractivity (Wildman–Crippen MR) is 119 cm³/mol. The molecule has 0 bridgehead atoms. The van der Waals surface area contributed by atoms with E-state index in [1.165, 1.54) is 22.6 Å². The number of hydrogen-bond acceptors (Lipinski definition) is 8. The van der Waals surface area contributed by atoms with Crippen molar-refractivity contribution in [2.24, 2.45) is 0 Å². The fraction of sp³-hybridized carbons (Fsp3) is 0.524. The first-order chi connectivity index (χ1) is 14.0. The number of aryl methyl sites for hydroxylation is 1. The summed E-state index contributed by atoms with van der Waals surface area (Å²) < 4.78 is 10.4. The summed E-state index contributed by atoms with van der Waals surface area (Å²) in [6.07, 6.45) is 4.95. The van der Waals surface area contributed by atoms with Crippen molar-refractivity contribution in [1.82, 2.24) is 0 Å². The van der Waals surface area contributed by atoms with Gasteiger partial charge in [0.05, 0.1) is 24.3 Å². The van der Waals surface area contributed by atoms with Crippen molar-refractivity contribution in [2.75, 3.05) is 30.8 Å². The molecule has 1 aliphatic rings. The van der Waals surface area contributed by atoms with Crippen molar-refractivity contribution in [2.45, 2.75) is 52.9 Å². The fourth-order valence-electron chi connectivity index (χ4n) is 3.68. The van der Waals surface area contributed by atoms with Gasteiger partial charge >= 0.3 is 11.9 Å². The van der Waals surface area contributed by atoms with Crippen LogP contribution in [-0.4, -0.2) is 31.7 Å². The van der Waals surface area contributed by atoms with Gasteiger partial charge in [0, 0.05) is 16.3 Å². The number of fused-ring (bicyclic) bond motifs is 1. The highest BCUT2D eigenvalue weighted by Gasteiger charge is 2.26. The molecule has 2 aromatic heterocycles. The summed E-state index contributed by atoms with van der Waals surface area (Å²) in [5.74, 6) is -0.607. The number of carbonyl (C=O) groups excluding carboxylic acids is 2. The Kier molecular flexibility index (Phi) is 7.18. The zero-order chi connectivity index (χ0) is 21.0. The molecule has 2 heterocycles. The smallest absolute Gasteiger partial charge is 0.341 e. The van der Waals surface area contributed by atoms with Crippen molar-refractivity contribution in [1.29, 1.82) is 0 Å². The number of esters is 2. The summed E-state index contributed by atoms with van der Waals surface area (Å²) in [7, 11) is 0. The molecule has 0 saturated carbocycles. The summed E-state index contributed by atoms with van der Waals surface area (Å²) in [5.41, 5.74) is 9.28. The van der Waals surface area contributed by atoms with Crippen LogP contribution in [0.3, 0.4) is 0 Å². The molecular formula is C21H28N2O4S2. The van der Waals surface area contributed by atoms with E-state index in [0.29, 0.717) is 42.3 Å². The lowest BCUT2D eigenvalue weighted by atomic mass is 9.95. The summed E-state index contributed by atoms with van der Waals surface area (Å²) in [6, 6.07) is 0. The number of carbonyl (C=O) groups is 2. The third-order valence-corrected chi connectivity index (χ3v) is 7.47. The molecule has 2 aromatic rings. The molecule has 8 heteroatoms. The number of thiophene rings is 2. The van der Waals surface area contributed by atoms with Gasteiger partial charge in [-0.2, -0.15) is 0 Å². The third kappa shape index (κ3) is 4.59. The quantitative estimate of drug-likeness (QED) is 0.588. The Hall–Kier alpha value is -2.06. The van der Waals surface area contributed by atoms with Crippen LogP contribution < -0.4 is 11.1 Å². The van der Waals surface area contributed by atoms with E-state index in [2.05, 4.69) is 5.32 Å². The summed E-state index contributed by atoms with van der Waals surface area (Å²) in [5, 5.41) is 4.82. The predicted octanol–water partition coefficient (Wildman–Crippen LogP) is 4.59. The molecule has 1 aliphatic carbocycles. The normalized spacial score (nSPS) is 13.1. The van der Waals surface area contributed by atoms with Crippen LogP contribution in [0.2, 0.25) is 0 Å². The molecule has 0 spiro atoms. The lowest BCUT2D eigenvalue weighted by Crippen LogP contribution is -2.13. The van der Waals surface area contributed by atoms with Crippen molar-refractivity contribution < 1.29 is 19.1 Å². The van der Waals surface area contributed by atoms with Crippen LogP contribution in [-0.2, 0) is 28.7 Å². The molecule has 0 atom stereocenters. The largest absolute Gasteiger partial charge is 0.462 e. The monoisotopic (exact) mass is 436 g/mol.